The monoisotopic (exact) mass is 375 g/mol. The number of nitrogens with one attached hydrogen (secondary N) is 2. The van der Waals surface area contributed by atoms with Crippen molar-refractivity contribution in [3.05, 3.63) is 90.1 Å². The molecule has 0 bridgehead atoms. The van der Waals surface area contributed by atoms with Gasteiger partial charge < -0.3 is 15.4 Å². The first-order chi connectivity index (χ1) is 13.7. The van der Waals surface area contributed by atoms with Crippen LogP contribution in [0.3, 0.4) is 0 Å². The number of methoxy groups -OCH3 is 1. The molecular weight excluding hydrogens is 354 g/mol. The summed E-state index contributed by atoms with van der Waals surface area (Å²) in [6, 6.07) is 21.0. The molecule has 0 fully saturated rings. The number of hydrogen-bond donors (Lipinski definition) is 2. The molecule has 0 radical (unpaired) electrons. The van der Waals surface area contributed by atoms with Crippen LogP contribution in [0.4, 0.5) is 5.69 Å². The number of hydrogen-bond acceptors (Lipinski definition) is 4. The van der Waals surface area contributed by atoms with E-state index in [-0.39, 0.29) is 11.8 Å². The Hall–Kier alpha value is -3.67. The lowest BCUT2D eigenvalue weighted by Gasteiger charge is -2.19. The number of rotatable bonds is 7. The predicted molar refractivity (Wildman–Crippen MR) is 107 cm³/mol. The number of carbonyl (C=O) groups excluding carboxylic acids is 2. The molecule has 1 atom stereocenters. The molecule has 6 heteroatoms. The number of amides is 2. The Balaban J connectivity index is 1.76. The Kier molecular flexibility index (Phi) is 6.36. The van der Waals surface area contributed by atoms with Crippen molar-refractivity contribution in [2.75, 3.05) is 12.4 Å². The molecule has 0 spiro atoms. The first kappa shape index (κ1) is 19.1. The summed E-state index contributed by atoms with van der Waals surface area (Å²) in [5.41, 5.74) is 1.97. The van der Waals surface area contributed by atoms with Gasteiger partial charge in [-0.1, -0.05) is 48.5 Å². The minimum atomic E-state index is -0.739. The maximum atomic E-state index is 12.9. The Morgan fingerprint density at radius 3 is 2.25 bits per heavy atom. The molecule has 28 heavy (non-hydrogen) atoms. The molecule has 0 saturated heterocycles. The molecule has 0 unspecified atom stereocenters. The van der Waals surface area contributed by atoms with Gasteiger partial charge in [-0.05, 0) is 23.8 Å². The zero-order valence-electron chi connectivity index (χ0n) is 15.5. The Morgan fingerprint density at radius 1 is 0.964 bits per heavy atom. The topological polar surface area (TPSA) is 80.3 Å². The molecule has 0 aliphatic heterocycles. The molecule has 0 saturated carbocycles. The molecule has 1 heterocycles. The second-order valence-corrected chi connectivity index (χ2v) is 6.16. The minimum absolute atomic E-state index is 0.301. The van der Waals surface area contributed by atoms with Crippen molar-refractivity contribution in [1.82, 2.24) is 10.3 Å². The van der Waals surface area contributed by atoms with E-state index in [2.05, 4.69) is 15.6 Å². The van der Waals surface area contributed by atoms with Crippen molar-refractivity contribution in [2.24, 2.45) is 0 Å². The van der Waals surface area contributed by atoms with Crippen LogP contribution in [-0.2, 0) is 11.2 Å². The fourth-order valence-electron chi connectivity index (χ4n) is 2.69. The summed E-state index contributed by atoms with van der Waals surface area (Å²) in [6.07, 6.45) is 1.88. The van der Waals surface area contributed by atoms with Crippen LogP contribution in [0.1, 0.15) is 15.9 Å². The third-order valence-electron chi connectivity index (χ3n) is 4.15. The Morgan fingerprint density at radius 2 is 1.64 bits per heavy atom. The molecule has 2 amide bonds. The van der Waals surface area contributed by atoms with Crippen LogP contribution in [0.2, 0.25) is 0 Å². The van der Waals surface area contributed by atoms with Gasteiger partial charge in [0.1, 0.15) is 6.04 Å². The maximum Gasteiger partial charge on any atom is 0.251 e. The van der Waals surface area contributed by atoms with Crippen LogP contribution in [0.5, 0.6) is 5.88 Å². The fourth-order valence-corrected chi connectivity index (χ4v) is 2.69. The molecular formula is C22H21N3O3. The number of pyridine rings is 1. The van der Waals surface area contributed by atoms with Gasteiger partial charge in [-0.25, -0.2) is 4.98 Å². The molecule has 0 aliphatic rings. The van der Waals surface area contributed by atoms with Gasteiger partial charge in [-0.15, -0.1) is 0 Å². The summed E-state index contributed by atoms with van der Waals surface area (Å²) in [5.74, 6) is -0.166. The summed E-state index contributed by atoms with van der Waals surface area (Å²) >= 11 is 0. The SMILES string of the molecule is COc1ccc(NC(=O)[C@H](Cc2ccccc2)NC(=O)c2ccccc2)cn1. The molecule has 6 nitrogen and oxygen atoms in total. The van der Waals surface area contributed by atoms with Gasteiger partial charge in [0.2, 0.25) is 11.8 Å². The fraction of sp³-hybridized carbons (Fsp3) is 0.136. The van der Waals surface area contributed by atoms with E-state index in [1.807, 2.05) is 36.4 Å². The van der Waals surface area contributed by atoms with Crippen LogP contribution in [0, 0.1) is 0 Å². The summed E-state index contributed by atoms with van der Waals surface area (Å²) in [7, 11) is 1.52. The number of anilines is 1. The van der Waals surface area contributed by atoms with Crippen molar-refractivity contribution in [3.63, 3.8) is 0 Å². The Bertz CT molecular complexity index is 913. The highest BCUT2D eigenvalue weighted by Gasteiger charge is 2.22. The van der Waals surface area contributed by atoms with Gasteiger partial charge in [0.25, 0.3) is 5.91 Å². The number of ether oxygens (including phenoxy) is 1. The van der Waals surface area contributed by atoms with Gasteiger partial charge in [-0.2, -0.15) is 0 Å². The van der Waals surface area contributed by atoms with E-state index in [9.17, 15) is 9.59 Å². The van der Waals surface area contributed by atoms with E-state index in [0.29, 0.717) is 23.6 Å². The van der Waals surface area contributed by atoms with Crippen molar-refractivity contribution in [1.29, 1.82) is 0 Å². The number of aromatic nitrogens is 1. The maximum absolute atomic E-state index is 12.9. The van der Waals surface area contributed by atoms with Crippen LogP contribution in [0.15, 0.2) is 79.0 Å². The number of benzene rings is 2. The van der Waals surface area contributed by atoms with Crippen molar-refractivity contribution >= 4 is 17.5 Å². The van der Waals surface area contributed by atoms with Gasteiger partial charge in [0, 0.05) is 18.1 Å². The molecule has 1 aromatic heterocycles. The second-order valence-electron chi connectivity index (χ2n) is 6.16. The van der Waals surface area contributed by atoms with E-state index >= 15 is 0 Å². The van der Waals surface area contributed by atoms with E-state index in [4.69, 9.17) is 4.74 Å². The molecule has 3 aromatic rings. The first-order valence-electron chi connectivity index (χ1n) is 8.86. The normalized spacial score (nSPS) is 11.3. The van der Waals surface area contributed by atoms with Crippen LogP contribution < -0.4 is 15.4 Å². The third kappa shape index (κ3) is 5.17. The van der Waals surface area contributed by atoms with E-state index < -0.39 is 6.04 Å². The van der Waals surface area contributed by atoms with Gasteiger partial charge >= 0.3 is 0 Å². The largest absolute Gasteiger partial charge is 0.481 e. The number of nitrogens with zero attached hydrogens (tertiary/aromatic N) is 1. The molecule has 2 N–H and O–H groups in total. The number of carbonyl (C=O) groups is 2. The lowest BCUT2D eigenvalue weighted by molar-refractivity contribution is -0.118. The van der Waals surface area contributed by atoms with Crippen LogP contribution in [0.25, 0.3) is 0 Å². The minimum Gasteiger partial charge on any atom is -0.481 e. The van der Waals surface area contributed by atoms with Crippen molar-refractivity contribution in [3.8, 4) is 5.88 Å². The third-order valence-corrected chi connectivity index (χ3v) is 4.15. The lowest BCUT2D eigenvalue weighted by Crippen LogP contribution is -2.45. The lowest BCUT2D eigenvalue weighted by atomic mass is 10.0. The van der Waals surface area contributed by atoms with Gasteiger partial charge in [0.15, 0.2) is 0 Å². The van der Waals surface area contributed by atoms with Crippen molar-refractivity contribution in [2.45, 2.75) is 12.5 Å². The standard InChI is InChI=1S/C22H21N3O3/c1-28-20-13-12-18(15-23-20)24-22(27)19(14-16-8-4-2-5-9-16)25-21(26)17-10-6-3-7-11-17/h2-13,15,19H,14H2,1H3,(H,24,27)(H,25,26)/t19-/m0/s1. The highest BCUT2D eigenvalue weighted by Crippen LogP contribution is 2.13. The summed E-state index contributed by atoms with van der Waals surface area (Å²) in [6.45, 7) is 0. The quantitative estimate of drug-likeness (QED) is 0.665. The zero-order valence-corrected chi connectivity index (χ0v) is 15.5. The highest BCUT2D eigenvalue weighted by molar-refractivity contribution is 6.01. The van der Waals surface area contributed by atoms with Crippen molar-refractivity contribution < 1.29 is 14.3 Å². The second kappa shape index (κ2) is 9.32. The molecule has 3 rings (SSSR count). The van der Waals surface area contributed by atoms with Gasteiger partial charge in [0.05, 0.1) is 19.0 Å². The van der Waals surface area contributed by atoms with Gasteiger partial charge in [-0.3, -0.25) is 9.59 Å². The zero-order chi connectivity index (χ0) is 19.8. The van der Waals surface area contributed by atoms with E-state index in [0.717, 1.165) is 5.56 Å². The molecule has 2 aromatic carbocycles. The first-order valence-corrected chi connectivity index (χ1v) is 8.86. The average Bonchev–Trinajstić information content (AvgIpc) is 2.75. The highest BCUT2D eigenvalue weighted by atomic mass is 16.5. The summed E-state index contributed by atoms with van der Waals surface area (Å²) < 4.78 is 5.02. The summed E-state index contributed by atoms with van der Waals surface area (Å²) in [4.78, 5) is 29.5. The molecule has 142 valence electrons. The summed E-state index contributed by atoms with van der Waals surface area (Å²) in [5, 5.41) is 5.63. The van der Waals surface area contributed by atoms with E-state index in [1.54, 1.807) is 36.4 Å². The van der Waals surface area contributed by atoms with Crippen LogP contribution >= 0.6 is 0 Å². The Labute approximate surface area is 163 Å². The molecule has 0 aliphatic carbocycles. The smallest absolute Gasteiger partial charge is 0.251 e. The van der Waals surface area contributed by atoms with Crippen LogP contribution in [-0.4, -0.2) is 29.9 Å². The predicted octanol–water partition coefficient (Wildman–Crippen LogP) is 3.07. The average molecular weight is 375 g/mol. The van der Waals surface area contributed by atoms with E-state index in [1.165, 1.54) is 13.3 Å².